The zero-order valence-electron chi connectivity index (χ0n) is 23.3. The van der Waals surface area contributed by atoms with Crippen LogP contribution in [0.4, 0.5) is 24.8 Å². The van der Waals surface area contributed by atoms with Gasteiger partial charge in [0.2, 0.25) is 5.95 Å². The van der Waals surface area contributed by atoms with Crippen LogP contribution in [0.3, 0.4) is 0 Å². The van der Waals surface area contributed by atoms with Gasteiger partial charge in [-0.3, -0.25) is 4.79 Å². The van der Waals surface area contributed by atoms with Gasteiger partial charge in [0.25, 0.3) is 5.91 Å². The molecule has 9 nitrogen and oxygen atoms in total. The normalized spacial score (nSPS) is 21.2. The molecule has 3 fully saturated rings. The van der Waals surface area contributed by atoms with Crippen LogP contribution in [-0.4, -0.2) is 58.9 Å². The van der Waals surface area contributed by atoms with Crippen molar-refractivity contribution in [2.45, 2.75) is 81.3 Å². The minimum atomic E-state index is -4.95. The van der Waals surface area contributed by atoms with E-state index in [1.54, 1.807) is 4.90 Å². The molecule has 12 heteroatoms. The molecule has 2 aromatic rings. The molecule has 0 unspecified atom stereocenters. The van der Waals surface area contributed by atoms with Crippen LogP contribution in [-0.2, 0) is 21.1 Å². The number of halogens is 3. The summed E-state index contributed by atoms with van der Waals surface area (Å²) in [6.07, 6.45) is 2.96. The summed E-state index contributed by atoms with van der Waals surface area (Å²) < 4.78 is 54.2. The van der Waals surface area contributed by atoms with E-state index in [0.717, 1.165) is 74.9 Å². The Bertz CT molecular complexity index is 1350. The Kier molecular flexibility index (Phi) is 7.53. The molecule has 2 aliphatic heterocycles. The fourth-order valence-electron chi connectivity index (χ4n) is 6.59. The van der Waals surface area contributed by atoms with Crippen LogP contribution in [0.5, 0.6) is 5.75 Å². The summed E-state index contributed by atoms with van der Waals surface area (Å²) in [5, 5.41) is 12.2. The number of alkyl halides is 3. The van der Waals surface area contributed by atoms with Crippen molar-refractivity contribution >= 4 is 23.5 Å². The lowest BCUT2D eigenvalue weighted by atomic mass is 9.81. The van der Waals surface area contributed by atoms with Crippen LogP contribution in [0.15, 0.2) is 24.4 Å². The summed E-state index contributed by atoms with van der Waals surface area (Å²) in [7, 11) is 0. The molecule has 1 spiro atoms. The van der Waals surface area contributed by atoms with E-state index in [2.05, 4.69) is 15.3 Å². The number of nitrogens with one attached hydrogen (secondary N) is 1. The zero-order chi connectivity index (χ0) is 29.5. The quantitative estimate of drug-likeness (QED) is 0.422. The van der Waals surface area contributed by atoms with Gasteiger partial charge in [0.15, 0.2) is 5.69 Å². The van der Waals surface area contributed by atoms with Gasteiger partial charge in [-0.1, -0.05) is 19.3 Å². The number of carbonyl (C=O) groups is 2. The molecule has 2 saturated carbocycles. The molecular formula is C30H35F3N4O5. The Morgan fingerprint density at radius 2 is 1.86 bits per heavy atom. The number of aromatic nitrogens is 2. The van der Waals surface area contributed by atoms with Crippen molar-refractivity contribution in [2.75, 3.05) is 31.3 Å². The third-order valence-corrected chi connectivity index (χ3v) is 9.28. The molecule has 4 aliphatic rings. The Morgan fingerprint density at radius 3 is 2.52 bits per heavy atom. The number of carbonyl (C=O) groups excluding carboxylic acids is 1. The molecule has 1 saturated heterocycles. The van der Waals surface area contributed by atoms with Gasteiger partial charge in [-0.05, 0) is 74.6 Å². The second-order valence-electron chi connectivity index (χ2n) is 12.1. The van der Waals surface area contributed by atoms with Crippen LogP contribution in [0.2, 0.25) is 0 Å². The predicted molar refractivity (Wildman–Crippen MR) is 146 cm³/mol. The maximum atomic E-state index is 14.2. The zero-order valence-corrected chi connectivity index (χ0v) is 23.3. The molecule has 1 amide bonds. The molecule has 0 bridgehead atoms. The SMILES string of the molecule is O=C(NC1(C(=O)O)CCCCC1)c1cnc(N2CC3(CC3)c3cc(OCCC4CCOCC4)ccc32)nc1C(F)(F)F. The lowest BCUT2D eigenvalue weighted by Crippen LogP contribution is -2.55. The summed E-state index contributed by atoms with van der Waals surface area (Å²) in [6, 6.07) is 5.64. The van der Waals surface area contributed by atoms with Crippen molar-refractivity contribution in [2.24, 2.45) is 5.92 Å². The lowest BCUT2D eigenvalue weighted by molar-refractivity contribution is -0.145. The number of fused-ring (bicyclic) bond motifs is 2. The number of benzene rings is 1. The molecule has 2 aliphatic carbocycles. The molecule has 0 radical (unpaired) electrons. The molecule has 1 aromatic heterocycles. The second kappa shape index (κ2) is 11.0. The number of hydrogen-bond donors (Lipinski definition) is 2. The number of nitrogens with zero attached hydrogens (tertiary/aromatic N) is 3. The number of amides is 1. The predicted octanol–water partition coefficient (Wildman–Crippen LogP) is 5.39. The highest BCUT2D eigenvalue weighted by molar-refractivity contribution is 5.98. The fourth-order valence-corrected chi connectivity index (χ4v) is 6.59. The number of rotatable bonds is 8. The van der Waals surface area contributed by atoms with Gasteiger partial charge in [-0.15, -0.1) is 0 Å². The van der Waals surface area contributed by atoms with Crippen LogP contribution in [0, 0.1) is 5.92 Å². The number of carboxylic acids is 1. The third kappa shape index (κ3) is 5.52. The average molecular weight is 589 g/mol. The minimum absolute atomic E-state index is 0.150. The van der Waals surface area contributed by atoms with Crippen LogP contribution >= 0.6 is 0 Å². The number of aliphatic carboxylic acids is 1. The van der Waals surface area contributed by atoms with E-state index in [0.29, 0.717) is 31.9 Å². The van der Waals surface area contributed by atoms with Crippen molar-refractivity contribution in [3.8, 4) is 5.75 Å². The highest BCUT2D eigenvalue weighted by atomic mass is 19.4. The fraction of sp³-hybridized carbons (Fsp3) is 0.600. The molecular weight excluding hydrogens is 553 g/mol. The largest absolute Gasteiger partial charge is 0.494 e. The van der Waals surface area contributed by atoms with Crippen LogP contribution in [0.25, 0.3) is 0 Å². The molecule has 3 heterocycles. The first-order chi connectivity index (χ1) is 20.1. The molecule has 1 aromatic carbocycles. The van der Waals surface area contributed by atoms with Gasteiger partial charge in [0.05, 0.1) is 12.2 Å². The van der Waals surface area contributed by atoms with E-state index < -0.39 is 34.8 Å². The minimum Gasteiger partial charge on any atom is -0.494 e. The van der Waals surface area contributed by atoms with Gasteiger partial charge >= 0.3 is 12.1 Å². The van der Waals surface area contributed by atoms with E-state index in [4.69, 9.17) is 9.47 Å². The Morgan fingerprint density at radius 1 is 1.12 bits per heavy atom. The van der Waals surface area contributed by atoms with Crippen molar-refractivity contribution < 1.29 is 37.3 Å². The van der Waals surface area contributed by atoms with Gasteiger partial charge in [-0.2, -0.15) is 13.2 Å². The first-order valence-corrected chi connectivity index (χ1v) is 14.7. The third-order valence-electron chi connectivity index (χ3n) is 9.28. The Balaban J connectivity index is 1.23. The first kappa shape index (κ1) is 28.7. The highest BCUT2D eigenvalue weighted by Gasteiger charge is 2.53. The topological polar surface area (TPSA) is 114 Å². The number of carboxylic acid groups (broad SMARTS) is 1. The van der Waals surface area contributed by atoms with Gasteiger partial charge in [0, 0.05) is 37.1 Å². The smallest absolute Gasteiger partial charge is 0.434 e. The van der Waals surface area contributed by atoms with Crippen LogP contribution < -0.4 is 15.0 Å². The van der Waals surface area contributed by atoms with E-state index in [1.807, 2.05) is 18.2 Å². The Labute approximate surface area is 241 Å². The molecule has 2 N–H and O–H groups in total. The monoisotopic (exact) mass is 588 g/mol. The van der Waals surface area contributed by atoms with Crippen molar-refractivity contribution in [1.82, 2.24) is 15.3 Å². The van der Waals surface area contributed by atoms with Crippen molar-refractivity contribution in [3.63, 3.8) is 0 Å². The summed E-state index contributed by atoms with van der Waals surface area (Å²) in [4.78, 5) is 34.8. The summed E-state index contributed by atoms with van der Waals surface area (Å²) >= 11 is 0. The summed E-state index contributed by atoms with van der Waals surface area (Å²) in [5.74, 6) is -1.23. The maximum absolute atomic E-state index is 14.2. The summed E-state index contributed by atoms with van der Waals surface area (Å²) in [5.41, 5.74) is -2.23. The van der Waals surface area contributed by atoms with Crippen LogP contribution in [0.1, 0.15) is 85.8 Å². The lowest BCUT2D eigenvalue weighted by Gasteiger charge is -2.34. The van der Waals surface area contributed by atoms with Gasteiger partial charge in [0.1, 0.15) is 11.3 Å². The second-order valence-corrected chi connectivity index (χ2v) is 12.1. The van der Waals surface area contributed by atoms with E-state index in [9.17, 15) is 27.9 Å². The van der Waals surface area contributed by atoms with Crippen molar-refractivity contribution in [3.05, 3.63) is 41.2 Å². The van der Waals surface area contributed by atoms with E-state index in [1.165, 1.54) is 0 Å². The first-order valence-electron chi connectivity index (χ1n) is 14.7. The van der Waals surface area contributed by atoms with E-state index >= 15 is 0 Å². The van der Waals surface area contributed by atoms with E-state index in [-0.39, 0.29) is 24.2 Å². The molecule has 226 valence electrons. The summed E-state index contributed by atoms with van der Waals surface area (Å²) in [6.45, 7) is 2.59. The van der Waals surface area contributed by atoms with Gasteiger partial charge in [-0.25, -0.2) is 14.8 Å². The van der Waals surface area contributed by atoms with Crippen molar-refractivity contribution in [1.29, 1.82) is 0 Å². The maximum Gasteiger partial charge on any atom is 0.434 e. The number of hydrogen-bond acceptors (Lipinski definition) is 7. The highest BCUT2D eigenvalue weighted by Crippen LogP contribution is 2.58. The van der Waals surface area contributed by atoms with Gasteiger partial charge < -0.3 is 24.8 Å². The Hall–Kier alpha value is -3.41. The number of anilines is 2. The standard InChI is InChI=1S/C30H35F3N4O5/c31-30(32,33)24-21(25(38)36-29(26(39)40)9-2-1-3-10-29)17-34-27(35-24)37-18-28(11-12-28)22-16-20(4-5-23(22)37)42-15-8-19-6-13-41-14-7-19/h4-5,16-17,19H,1-3,6-15,18H2,(H,36,38)(H,39,40). The molecule has 0 atom stereocenters. The number of ether oxygens (including phenoxy) is 2. The molecule has 42 heavy (non-hydrogen) atoms. The molecule has 6 rings (SSSR count). The average Bonchev–Trinajstić information content (AvgIpc) is 3.69.